The van der Waals surface area contributed by atoms with Crippen molar-refractivity contribution in [3.05, 3.63) is 81.7 Å². The Kier molecular flexibility index (Phi) is 4.24. The molecule has 1 aromatic heterocycles. The molecule has 0 saturated carbocycles. The van der Waals surface area contributed by atoms with Crippen LogP contribution in [-0.2, 0) is 22.4 Å². The van der Waals surface area contributed by atoms with Gasteiger partial charge in [0.05, 0.1) is 11.6 Å². The molecule has 5 heteroatoms. The second kappa shape index (κ2) is 6.50. The topological polar surface area (TPSA) is 84.6 Å². The van der Waals surface area contributed by atoms with Crippen LogP contribution in [0, 0.1) is 0 Å². The number of carbonyl (C=O) groups excluding carboxylic acids is 1. The van der Waals surface area contributed by atoms with Crippen molar-refractivity contribution >= 4 is 22.7 Å². The predicted octanol–water partition coefficient (Wildman–Crippen LogP) is 2.58. The molecule has 2 aromatic carbocycles. The van der Waals surface area contributed by atoms with Crippen molar-refractivity contribution in [3.63, 3.8) is 0 Å². The van der Waals surface area contributed by atoms with Gasteiger partial charge in [-0.2, -0.15) is 0 Å². The van der Waals surface area contributed by atoms with E-state index in [-0.39, 0.29) is 11.0 Å². The standard InChI is InChI=1S/C19H14O5/c20-16(19(22)23)10-14-11-24-17-7-6-13(9-15(17)18(14)21)8-12-4-2-1-3-5-12/h1-7,9,11H,8,10H2,(H,22,23). The van der Waals surface area contributed by atoms with E-state index in [0.717, 1.165) is 17.4 Å². The molecule has 0 saturated heterocycles. The Balaban J connectivity index is 1.98. The highest BCUT2D eigenvalue weighted by molar-refractivity contribution is 6.33. The van der Waals surface area contributed by atoms with Crippen LogP contribution in [0.15, 0.2) is 64.0 Å². The van der Waals surface area contributed by atoms with Gasteiger partial charge in [-0.1, -0.05) is 36.4 Å². The molecule has 120 valence electrons. The molecule has 24 heavy (non-hydrogen) atoms. The largest absolute Gasteiger partial charge is 0.475 e. The summed E-state index contributed by atoms with van der Waals surface area (Å²) in [6.45, 7) is 0. The zero-order valence-electron chi connectivity index (χ0n) is 12.7. The molecular weight excluding hydrogens is 308 g/mol. The van der Waals surface area contributed by atoms with Gasteiger partial charge in [0.1, 0.15) is 5.58 Å². The van der Waals surface area contributed by atoms with Crippen LogP contribution in [0.5, 0.6) is 0 Å². The van der Waals surface area contributed by atoms with Crippen LogP contribution in [0.4, 0.5) is 0 Å². The number of fused-ring (bicyclic) bond motifs is 1. The number of carboxylic acids is 1. The van der Waals surface area contributed by atoms with Crippen LogP contribution in [0.1, 0.15) is 16.7 Å². The molecule has 3 aromatic rings. The fraction of sp³-hybridized carbons (Fsp3) is 0.105. The lowest BCUT2D eigenvalue weighted by Crippen LogP contribution is -2.20. The molecule has 0 amide bonds. The maximum absolute atomic E-state index is 12.5. The fourth-order valence-corrected chi connectivity index (χ4v) is 2.53. The third-order valence-electron chi connectivity index (χ3n) is 3.75. The Hall–Kier alpha value is -3.21. The van der Waals surface area contributed by atoms with Gasteiger partial charge in [-0.3, -0.25) is 9.59 Å². The molecule has 3 rings (SSSR count). The molecule has 0 radical (unpaired) electrons. The van der Waals surface area contributed by atoms with Gasteiger partial charge in [-0.05, 0) is 29.7 Å². The van der Waals surface area contributed by atoms with E-state index >= 15 is 0 Å². The van der Waals surface area contributed by atoms with Crippen molar-refractivity contribution in [1.29, 1.82) is 0 Å². The molecule has 1 N–H and O–H groups in total. The van der Waals surface area contributed by atoms with Crippen molar-refractivity contribution in [2.24, 2.45) is 0 Å². The molecule has 0 atom stereocenters. The number of benzene rings is 2. The van der Waals surface area contributed by atoms with E-state index in [2.05, 4.69) is 0 Å². The summed E-state index contributed by atoms with van der Waals surface area (Å²) in [7, 11) is 0. The summed E-state index contributed by atoms with van der Waals surface area (Å²) in [6, 6.07) is 15.1. The van der Waals surface area contributed by atoms with Gasteiger partial charge in [0, 0.05) is 12.0 Å². The molecule has 0 spiro atoms. The smallest absolute Gasteiger partial charge is 0.372 e. The summed E-state index contributed by atoms with van der Waals surface area (Å²) in [4.78, 5) is 34.5. The molecule has 0 fully saturated rings. The monoisotopic (exact) mass is 322 g/mol. The van der Waals surface area contributed by atoms with Gasteiger partial charge in [0.25, 0.3) is 0 Å². The SMILES string of the molecule is O=C(O)C(=O)Cc1coc2ccc(Cc3ccccc3)cc2c1=O. The van der Waals surface area contributed by atoms with Gasteiger partial charge < -0.3 is 9.52 Å². The second-order valence-corrected chi connectivity index (χ2v) is 5.49. The first kappa shape index (κ1) is 15.7. The number of hydrogen-bond acceptors (Lipinski definition) is 4. The molecule has 5 nitrogen and oxygen atoms in total. The molecule has 0 aliphatic rings. The van der Waals surface area contributed by atoms with E-state index in [1.54, 1.807) is 12.1 Å². The maximum Gasteiger partial charge on any atom is 0.372 e. The molecule has 0 unspecified atom stereocenters. The summed E-state index contributed by atoms with van der Waals surface area (Å²) in [5.74, 6) is -2.60. The van der Waals surface area contributed by atoms with E-state index < -0.39 is 18.2 Å². The van der Waals surface area contributed by atoms with Crippen molar-refractivity contribution in [2.45, 2.75) is 12.8 Å². The zero-order valence-corrected chi connectivity index (χ0v) is 12.7. The number of carboxylic acid groups (broad SMARTS) is 1. The minimum Gasteiger partial charge on any atom is -0.475 e. The Bertz CT molecular complexity index is 970. The van der Waals surface area contributed by atoms with Crippen LogP contribution >= 0.6 is 0 Å². The molecule has 0 bridgehead atoms. The highest BCUT2D eigenvalue weighted by atomic mass is 16.4. The first-order valence-electron chi connectivity index (χ1n) is 7.38. The van der Waals surface area contributed by atoms with Crippen LogP contribution in [0.3, 0.4) is 0 Å². The van der Waals surface area contributed by atoms with Gasteiger partial charge in [0.15, 0.2) is 5.43 Å². The molecule has 0 aliphatic heterocycles. The predicted molar refractivity (Wildman–Crippen MR) is 88.1 cm³/mol. The first-order valence-corrected chi connectivity index (χ1v) is 7.38. The normalized spacial score (nSPS) is 10.7. The Morgan fingerprint density at radius 3 is 2.46 bits per heavy atom. The molecular formula is C19H14O5. The number of aliphatic carboxylic acids is 1. The van der Waals surface area contributed by atoms with Crippen molar-refractivity contribution < 1.29 is 19.1 Å². The lowest BCUT2D eigenvalue weighted by atomic mass is 10.0. The Labute approximate surface area is 137 Å². The Morgan fingerprint density at radius 2 is 1.75 bits per heavy atom. The van der Waals surface area contributed by atoms with Crippen LogP contribution in [-0.4, -0.2) is 16.9 Å². The first-order chi connectivity index (χ1) is 11.5. The number of rotatable bonds is 5. The highest BCUT2D eigenvalue weighted by Gasteiger charge is 2.16. The quantitative estimate of drug-likeness (QED) is 0.730. The lowest BCUT2D eigenvalue weighted by Gasteiger charge is -2.05. The van der Waals surface area contributed by atoms with Crippen LogP contribution < -0.4 is 5.43 Å². The van der Waals surface area contributed by atoms with Gasteiger partial charge in [-0.15, -0.1) is 0 Å². The number of Topliss-reactive ketones (excluding diaryl/α,β-unsaturated/α-hetero) is 1. The second-order valence-electron chi connectivity index (χ2n) is 5.49. The van der Waals surface area contributed by atoms with E-state index in [0.29, 0.717) is 17.4 Å². The summed E-state index contributed by atoms with van der Waals surface area (Å²) in [5.41, 5.74) is 2.12. The summed E-state index contributed by atoms with van der Waals surface area (Å²) in [6.07, 6.45) is 1.34. The van der Waals surface area contributed by atoms with E-state index in [4.69, 9.17) is 9.52 Å². The molecule has 0 aliphatic carbocycles. The molecule has 1 heterocycles. The van der Waals surface area contributed by atoms with Crippen molar-refractivity contribution in [1.82, 2.24) is 0 Å². The Morgan fingerprint density at radius 1 is 1.00 bits per heavy atom. The summed E-state index contributed by atoms with van der Waals surface area (Å²) < 4.78 is 5.36. The van der Waals surface area contributed by atoms with E-state index in [1.807, 2.05) is 36.4 Å². The fourth-order valence-electron chi connectivity index (χ4n) is 2.53. The number of carbonyl (C=O) groups is 2. The lowest BCUT2D eigenvalue weighted by molar-refractivity contribution is -0.148. The van der Waals surface area contributed by atoms with Crippen LogP contribution in [0.2, 0.25) is 0 Å². The van der Waals surface area contributed by atoms with Gasteiger partial charge in [0.2, 0.25) is 5.78 Å². The third kappa shape index (κ3) is 3.25. The highest BCUT2D eigenvalue weighted by Crippen LogP contribution is 2.17. The van der Waals surface area contributed by atoms with E-state index in [9.17, 15) is 14.4 Å². The third-order valence-corrected chi connectivity index (χ3v) is 3.75. The average molecular weight is 322 g/mol. The van der Waals surface area contributed by atoms with Crippen LogP contribution in [0.25, 0.3) is 11.0 Å². The summed E-state index contributed by atoms with van der Waals surface area (Å²) in [5, 5.41) is 9.02. The maximum atomic E-state index is 12.5. The summed E-state index contributed by atoms with van der Waals surface area (Å²) >= 11 is 0. The van der Waals surface area contributed by atoms with Gasteiger partial charge in [-0.25, -0.2) is 4.79 Å². The minimum atomic E-state index is -1.56. The van der Waals surface area contributed by atoms with Crippen molar-refractivity contribution in [2.75, 3.05) is 0 Å². The average Bonchev–Trinajstić information content (AvgIpc) is 2.58. The van der Waals surface area contributed by atoms with E-state index in [1.165, 1.54) is 0 Å². The van der Waals surface area contributed by atoms with Gasteiger partial charge >= 0.3 is 5.97 Å². The number of hydrogen-bond donors (Lipinski definition) is 1. The number of ketones is 1. The zero-order chi connectivity index (χ0) is 17.1. The van der Waals surface area contributed by atoms with Crippen molar-refractivity contribution in [3.8, 4) is 0 Å². The minimum absolute atomic E-state index is 0.0479.